The van der Waals surface area contributed by atoms with Crippen molar-refractivity contribution in [3.05, 3.63) is 23.2 Å². The van der Waals surface area contributed by atoms with Crippen molar-refractivity contribution in [1.82, 2.24) is 9.80 Å². The summed E-state index contributed by atoms with van der Waals surface area (Å²) in [5.74, 6) is -0.310. The fourth-order valence-electron chi connectivity index (χ4n) is 1.81. The third kappa shape index (κ3) is 4.50. The van der Waals surface area contributed by atoms with Gasteiger partial charge in [0.05, 0.1) is 0 Å². The number of carbonyl (C=O) groups is 1. The lowest BCUT2D eigenvalue weighted by Crippen LogP contribution is -2.23. The highest BCUT2D eigenvalue weighted by Gasteiger charge is 2.14. The number of carboxylic acid groups (broad SMARTS) is 1. The quantitative estimate of drug-likeness (QED) is 0.802. The standard InChI is InChI=1S/C13H22N2O3/c1-10-11(8-12(18-10)13(16)17)9-15(4)7-5-6-14(2)3/h8H,5-7,9H2,1-4H3,(H,16,17). The van der Waals surface area contributed by atoms with E-state index in [1.54, 1.807) is 13.0 Å². The minimum Gasteiger partial charge on any atom is -0.475 e. The second-order valence-electron chi connectivity index (χ2n) is 4.89. The molecular formula is C13H22N2O3. The number of furan rings is 1. The topological polar surface area (TPSA) is 56.9 Å². The van der Waals surface area contributed by atoms with Crippen LogP contribution in [-0.2, 0) is 6.54 Å². The molecule has 1 aromatic rings. The molecule has 18 heavy (non-hydrogen) atoms. The Morgan fingerprint density at radius 2 is 2.00 bits per heavy atom. The normalized spacial score (nSPS) is 11.4. The van der Waals surface area contributed by atoms with E-state index in [0.29, 0.717) is 5.76 Å². The van der Waals surface area contributed by atoms with Crippen LogP contribution in [-0.4, -0.2) is 55.1 Å². The predicted octanol–water partition coefficient (Wildman–Crippen LogP) is 1.67. The van der Waals surface area contributed by atoms with Crippen LogP contribution in [0.3, 0.4) is 0 Å². The highest BCUT2D eigenvalue weighted by Crippen LogP contribution is 2.16. The molecule has 5 nitrogen and oxygen atoms in total. The summed E-state index contributed by atoms with van der Waals surface area (Å²) in [4.78, 5) is 15.1. The number of aryl methyl sites for hydroxylation is 1. The van der Waals surface area contributed by atoms with Gasteiger partial charge < -0.3 is 19.3 Å². The third-order valence-electron chi connectivity index (χ3n) is 2.82. The summed E-state index contributed by atoms with van der Waals surface area (Å²) in [5, 5.41) is 8.85. The lowest BCUT2D eigenvalue weighted by molar-refractivity contribution is 0.0661. The first-order valence-corrected chi connectivity index (χ1v) is 6.06. The Hall–Kier alpha value is -1.33. The number of rotatable bonds is 7. The summed E-state index contributed by atoms with van der Waals surface area (Å²) in [7, 11) is 6.14. The van der Waals surface area contributed by atoms with Crippen molar-refractivity contribution in [2.24, 2.45) is 0 Å². The van der Waals surface area contributed by atoms with E-state index in [-0.39, 0.29) is 5.76 Å². The van der Waals surface area contributed by atoms with Crippen LogP contribution in [0.15, 0.2) is 10.5 Å². The lowest BCUT2D eigenvalue weighted by atomic mass is 10.2. The van der Waals surface area contributed by atoms with Crippen LogP contribution in [0, 0.1) is 6.92 Å². The van der Waals surface area contributed by atoms with Crippen molar-refractivity contribution in [2.45, 2.75) is 19.9 Å². The molecule has 0 aliphatic rings. The zero-order valence-corrected chi connectivity index (χ0v) is 11.6. The Kier molecular flexibility index (Phi) is 5.37. The minimum absolute atomic E-state index is 0.0178. The van der Waals surface area contributed by atoms with Gasteiger partial charge in [-0.05, 0) is 53.6 Å². The Labute approximate surface area is 108 Å². The molecule has 0 saturated heterocycles. The summed E-state index contributed by atoms with van der Waals surface area (Å²) < 4.78 is 5.19. The predicted molar refractivity (Wildman–Crippen MR) is 69.9 cm³/mol. The van der Waals surface area contributed by atoms with Gasteiger partial charge >= 0.3 is 5.97 Å². The van der Waals surface area contributed by atoms with E-state index in [9.17, 15) is 4.79 Å². The van der Waals surface area contributed by atoms with Crippen molar-refractivity contribution in [3.63, 3.8) is 0 Å². The maximum atomic E-state index is 10.8. The van der Waals surface area contributed by atoms with Crippen molar-refractivity contribution in [1.29, 1.82) is 0 Å². The van der Waals surface area contributed by atoms with Gasteiger partial charge in [-0.25, -0.2) is 4.79 Å². The van der Waals surface area contributed by atoms with Gasteiger partial charge in [-0.15, -0.1) is 0 Å². The molecule has 0 aromatic carbocycles. The van der Waals surface area contributed by atoms with Gasteiger partial charge in [0, 0.05) is 12.1 Å². The number of aromatic carboxylic acids is 1. The van der Waals surface area contributed by atoms with Gasteiger partial charge in [0.2, 0.25) is 5.76 Å². The number of nitrogens with zero attached hydrogens (tertiary/aromatic N) is 2. The first-order chi connectivity index (χ1) is 8.40. The molecular weight excluding hydrogens is 232 g/mol. The molecule has 0 radical (unpaired) electrons. The van der Waals surface area contributed by atoms with Crippen LogP contribution < -0.4 is 0 Å². The first-order valence-electron chi connectivity index (χ1n) is 6.06. The van der Waals surface area contributed by atoms with Gasteiger partial charge in [0.25, 0.3) is 0 Å². The molecule has 0 aliphatic carbocycles. The zero-order valence-electron chi connectivity index (χ0n) is 11.6. The maximum absolute atomic E-state index is 10.8. The van der Waals surface area contributed by atoms with Crippen LogP contribution in [0.2, 0.25) is 0 Å². The minimum atomic E-state index is -1.01. The monoisotopic (exact) mass is 254 g/mol. The Morgan fingerprint density at radius 3 is 2.50 bits per heavy atom. The van der Waals surface area contributed by atoms with Crippen LogP contribution >= 0.6 is 0 Å². The third-order valence-corrected chi connectivity index (χ3v) is 2.82. The number of carboxylic acids is 1. The number of hydrogen-bond acceptors (Lipinski definition) is 4. The van der Waals surface area contributed by atoms with Gasteiger partial charge in [0.1, 0.15) is 5.76 Å². The van der Waals surface area contributed by atoms with Crippen LogP contribution in [0.5, 0.6) is 0 Å². The molecule has 1 rings (SSSR count). The van der Waals surface area contributed by atoms with E-state index in [1.807, 2.05) is 7.05 Å². The zero-order chi connectivity index (χ0) is 13.7. The van der Waals surface area contributed by atoms with Crippen molar-refractivity contribution >= 4 is 5.97 Å². The second kappa shape index (κ2) is 6.56. The maximum Gasteiger partial charge on any atom is 0.371 e. The van der Waals surface area contributed by atoms with Crippen molar-refractivity contribution in [3.8, 4) is 0 Å². The summed E-state index contributed by atoms with van der Waals surface area (Å²) in [6, 6.07) is 1.61. The Balaban J connectivity index is 2.48. The lowest BCUT2D eigenvalue weighted by Gasteiger charge is -2.17. The molecule has 1 N–H and O–H groups in total. The molecule has 0 aliphatic heterocycles. The largest absolute Gasteiger partial charge is 0.475 e. The summed E-state index contributed by atoms with van der Waals surface area (Å²) in [6.45, 7) is 4.55. The fraction of sp³-hybridized carbons (Fsp3) is 0.615. The molecule has 0 saturated carbocycles. The molecule has 0 atom stereocenters. The highest BCUT2D eigenvalue weighted by atomic mass is 16.4. The molecule has 102 valence electrons. The SMILES string of the molecule is Cc1oc(C(=O)O)cc1CN(C)CCCN(C)C. The molecule has 0 amide bonds. The van der Waals surface area contributed by atoms with E-state index in [2.05, 4.69) is 23.9 Å². The fourth-order valence-corrected chi connectivity index (χ4v) is 1.81. The molecule has 0 fully saturated rings. The van der Waals surface area contributed by atoms with E-state index in [0.717, 1.165) is 31.6 Å². The smallest absolute Gasteiger partial charge is 0.371 e. The van der Waals surface area contributed by atoms with Gasteiger partial charge in [-0.1, -0.05) is 0 Å². The summed E-state index contributed by atoms with van der Waals surface area (Å²) in [6.07, 6.45) is 1.09. The van der Waals surface area contributed by atoms with Gasteiger partial charge in [0.15, 0.2) is 0 Å². The second-order valence-corrected chi connectivity index (χ2v) is 4.89. The summed E-state index contributed by atoms with van der Waals surface area (Å²) in [5.41, 5.74) is 0.944. The van der Waals surface area contributed by atoms with Crippen LogP contribution in [0.1, 0.15) is 28.3 Å². The van der Waals surface area contributed by atoms with E-state index < -0.39 is 5.97 Å². The Bertz CT molecular complexity index is 399. The molecule has 5 heteroatoms. The Morgan fingerprint density at radius 1 is 1.33 bits per heavy atom. The molecule has 0 spiro atoms. The number of hydrogen-bond donors (Lipinski definition) is 1. The molecule has 0 unspecified atom stereocenters. The van der Waals surface area contributed by atoms with E-state index in [4.69, 9.17) is 9.52 Å². The van der Waals surface area contributed by atoms with Gasteiger partial charge in [-0.3, -0.25) is 0 Å². The average molecular weight is 254 g/mol. The summed E-state index contributed by atoms with van der Waals surface area (Å²) >= 11 is 0. The molecule has 1 aromatic heterocycles. The van der Waals surface area contributed by atoms with Crippen molar-refractivity contribution < 1.29 is 14.3 Å². The highest BCUT2D eigenvalue weighted by molar-refractivity contribution is 5.84. The van der Waals surface area contributed by atoms with Crippen LogP contribution in [0.4, 0.5) is 0 Å². The molecule has 1 heterocycles. The average Bonchev–Trinajstić information content (AvgIpc) is 2.60. The van der Waals surface area contributed by atoms with Gasteiger partial charge in [-0.2, -0.15) is 0 Å². The first kappa shape index (κ1) is 14.7. The van der Waals surface area contributed by atoms with Crippen molar-refractivity contribution in [2.75, 3.05) is 34.2 Å². The van der Waals surface area contributed by atoms with E-state index in [1.165, 1.54) is 0 Å². The molecule has 0 bridgehead atoms. The van der Waals surface area contributed by atoms with Crippen LogP contribution in [0.25, 0.3) is 0 Å². The van der Waals surface area contributed by atoms with E-state index >= 15 is 0 Å².